The number of carbonyl (C=O) groups is 2. The highest BCUT2D eigenvalue weighted by molar-refractivity contribution is 8.15. The van der Waals surface area contributed by atoms with Crippen LogP contribution in [0.25, 0.3) is 0 Å². The van der Waals surface area contributed by atoms with E-state index in [1.54, 1.807) is 6.07 Å². The van der Waals surface area contributed by atoms with Gasteiger partial charge in [-0.2, -0.15) is 0 Å². The van der Waals surface area contributed by atoms with Gasteiger partial charge in [-0.1, -0.05) is 17.8 Å². The zero-order valence-electron chi connectivity index (χ0n) is 10.0. The highest BCUT2D eigenvalue weighted by Gasteiger charge is 2.36. The van der Waals surface area contributed by atoms with Gasteiger partial charge in [0.2, 0.25) is 5.91 Å². The van der Waals surface area contributed by atoms with E-state index in [0.29, 0.717) is 10.9 Å². The monoisotopic (exact) mass is 282 g/mol. The maximum atomic E-state index is 13.0. The summed E-state index contributed by atoms with van der Waals surface area (Å²) in [6, 6.07) is 5.67. The molecule has 19 heavy (non-hydrogen) atoms. The van der Waals surface area contributed by atoms with Crippen LogP contribution < -0.4 is 0 Å². The number of benzene rings is 1. The van der Waals surface area contributed by atoms with E-state index in [-0.39, 0.29) is 12.3 Å². The molecule has 1 aromatic carbocycles. The summed E-state index contributed by atoms with van der Waals surface area (Å²) in [5, 5.41) is 8.42. The van der Waals surface area contributed by atoms with Gasteiger partial charge in [0.05, 0.1) is 12.1 Å². The Kier molecular flexibility index (Phi) is 3.84. The standard InChI is InChI=1S/C12H11FN2O3S/c1-15-11(18)9(6-10(16)17)19-12(15)14-8-4-2-3-7(13)5-8/h2-5,9H,6H2,1H3,(H,16,17)/t9-/m1/s1. The number of amidine groups is 1. The van der Waals surface area contributed by atoms with E-state index < -0.39 is 17.0 Å². The minimum atomic E-state index is -1.04. The van der Waals surface area contributed by atoms with Crippen LogP contribution in [0.3, 0.4) is 0 Å². The molecule has 1 aliphatic rings. The van der Waals surface area contributed by atoms with Gasteiger partial charge in [-0.3, -0.25) is 14.5 Å². The van der Waals surface area contributed by atoms with E-state index in [1.807, 2.05) is 0 Å². The second-order valence-electron chi connectivity index (χ2n) is 3.98. The van der Waals surface area contributed by atoms with Gasteiger partial charge in [-0.25, -0.2) is 9.38 Å². The number of thioether (sulfide) groups is 1. The Morgan fingerprint density at radius 2 is 2.32 bits per heavy atom. The Balaban J connectivity index is 2.22. The average molecular weight is 282 g/mol. The summed E-state index contributed by atoms with van der Waals surface area (Å²) in [7, 11) is 1.52. The van der Waals surface area contributed by atoms with Crippen LogP contribution in [0.5, 0.6) is 0 Å². The first-order valence-electron chi connectivity index (χ1n) is 5.47. The Morgan fingerprint density at radius 1 is 1.58 bits per heavy atom. The number of carboxylic acid groups (broad SMARTS) is 1. The highest BCUT2D eigenvalue weighted by Crippen LogP contribution is 2.30. The van der Waals surface area contributed by atoms with Gasteiger partial charge in [0, 0.05) is 7.05 Å². The van der Waals surface area contributed by atoms with Gasteiger partial charge in [-0.15, -0.1) is 0 Å². The molecule has 0 saturated carbocycles. The quantitative estimate of drug-likeness (QED) is 0.918. The lowest BCUT2D eigenvalue weighted by Crippen LogP contribution is -2.28. The molecule has 1 N–H and O–H groups in total. The van der Waals surface area contributed by atoms with Crippen molar-refractivity contribution >= 4 is 34.5 Å². The fourth-order valence-corrected chi connectivity index (χ4v) is 2.76. The molecule has 0 unspecified atom stereocenters. The number of aliphatic imine (C=N–C) groups is 1. The first kappa shape index (κ1) is 13.5. The third-order valence-electron chi connectivity index (χ3n) is 2.53. The molecule has 100 valence electrons. The molecule has 5 nitrogen and oxygen atoms in total. The highest BCUT2D eigenvalue weighted by atomic mass is 32.2. The maximum absolute atomic E-state index is 13.0. The van der Waals surface area contributed by atoms with Crippen molar-refractivity contribution in [2.75, 3.05) is 7.05 Å². The molecule has 1 aromatic rings. The van der Waals surface area contributed by atoms with Crippen molar-refractivity contribution in [3.05, 3.63) is 30.1 Å². The predicted octanol–water partition coefficient (Wildman–Crippen LogP) is 1.86. The number of carboxylic acids is 1. The molecule has 0 aromatic heterocycles. The third-order valence-corrected chi connectivity index (χ3v) is 3.76. The SMILES string of the molecule is CN1C(=O)[C@@H](CC(=O)O)SC1=Nc1cccc(F)c1. The van der Waals surface area contributed by atoms with Crippen LogP contribution in [0.15, 0.2) is 29.3 Å². The summed E-state index contributed by atoms with van der Waals surface area (Å²) >= 11 is 1.08. The van der Waals surface area contributed by atoms with Crippen molar-refractivity contribution in [2.24, 2.45) is 4.99 Å². The second-order valence-corrected chi connectivity index (χ2v) is 5.15. The lowest BCUT2D eigenvalue weighted by molar-refractivity contribution is -0.139. The lowest BCUT2D eigenvalue weighted by atomic mass is 10.3. The smallest absolute Gasteiger partial charge is 0.305 e. The molecule has 0 aliphatic carbocycles. The van der Waals surface area contributed by atoms with Crippen LogP contribution in [-0.4, -0.2) is 39.3 Å². The van der Waals surface area contributed by atoms with Crippen LogP contribution in [0, 0.1) is 5.82 Å². The van der Waals surface area contributed by atoms with E-state index in [1.165, 1.54) is 30.1 Å². The molecular formula is C12H11FN2O3S. The molecule has 0 radical (unpaired) electrons. The number of carbonyl (C=O) groups excluding carboxylic acids is 1. The summed E-state index contributed by atoms with van der Waals surface area (Å²) in [4.78, 5) is 27.9. The van der Waals surface area contributed by atoms with Crippen molar-refractivity contribution in [3.8, 4) is 0 Å². The molecule has 7 heteroatoms. The van der Waals surface area contributed by atoms with E-state index in [2.05, 4.69) is 4.99 Å². The molecule has 2 rings (SSSR count). The summed E-state index contributed by atoms with van der Waals surface area (Å²) in [6.45, 7) is 0. The molecule has 1 fully saturated rings. The molecule has 1 heterocycles. The summed E-state index contributed by atoms with van der Waals surface area (Å²) in [6.07, 6.45) is -0.254. The van der Waals surface area contributed by atoms with Crippen LogP contribution in [0.1, 0.15) is 6.42 Å². The minimum Gasteiger partial charge on any atom is -0.481 e. The lowest BCUT2D eigenvalue weighted by Gasteiger charge is -2.08. The van der Waals surface area contributed by atoms with Gasteiger partial charge in [0.1, 0.15) is 11.1 Å². The third kappa shape index (κ3) is 3.11. The van der Waals surface area contributed by atoms with Crippen LogP contribution in [-0.2, 0) is 9.59 Å². The number of hydrogen-bond acceptors (Lipinski definition) is 4. The van der Waals surface area contributed by atoms with Crippen LogP contribution >= 0.6 is 11.8 Å². The number of halogens is 1. The topological polar surface area (TPSA) is 70.0 Å². The average Bonchev–Trinajstić information content (AvgIpc) is 2.57. The predicted molar refractivity (Wildman–Crippen MR) is 69.9 cm³/mol. The Morgan fingerprint density at radius 3 is 2.95 bits per heavy atom. The van der Waals surface area contributed by atoms with Gasteiger partial charge in [-0.05, 0) is 18.2 Å². The van der Waals surface area contributed by atoms with Crippen LogP contribution in [0.2, 0.25) is 0 Å². The largest absolute Gasteiger partial charge is 0.481 e. The maximum Gasteiger partial charge on any atom is 0.305 e. The van der Waals surface area contributed by atoms with E-state index in [9.17, 15) is 14.0 Å². The summed E-state index contributed by atoms with van der Waals surface area (Å²) in [5.74, 6) is -1.75. The van der Waals surface area contributed by atoms with Gasteiger partial charge < -0.3 is 5.11 Å². The van der Waals surface area contributed by atoms with E-state index in [4.69, 9.17) is 5.11 Å². The molecule has 1 aliphatic heterocycles. The second kappa shape index (κ2) is 5.40. The fourth-order valence-electron chi connectivity index (χ4n) is 1.61. The number of nitrogens with zero attached hydrogens (tertiary/aromatic N) is 2. The van der Waals surface area contributed by atoms with Gasteiger partial charge in [0.25, 0.3) is 0 Å². The summed E-state index contributed by atoms with van der Waals surface area (Å²) < 4.78 is 13.0. The Hall–Kier alpha value is -1.89. The first-order valence-corrected chi connectivity index (χ1v) is 6.35. The van der Waals surface area contributed by atoms with Crippen molar-refractivity contribution in [1.29, 1.82) is 0 Å². The van der Waals surface area contributed by atoms with Crippen molar-refractivity contribution in [1.82, 2.24) is 4.90 Å². The van der Waals surface area contributed by atoms with E-state index in [0.717, 1.165) is 11.8 Å². The van der Waals surface area contributed by atoms with Crippen molar-refractivity contribution in [2.45, 2.75) is 11.7 Å². The molecule has 1 saturated heterocycles. The van der Waals surface area contributed by atoms with E-state index >= 15 is 0 Å². The number of rotatable bonds is 3. The number of aliphatic carboxylic acids is 1. The minimum absolute atomic E-state index is 0.254. The molecular weight excluding hydrogens is 271 g/mol. The first-order chi connectivity index (χ1) is 8.97. The zero-order chi connectivity index (χ0) is 14.0. The van der Waals surface area contributed by atoms with Crippen LogP contribution in [0.4, 0.5) is 10.1 Å². The number of amides is 1. The molecule has 1 amide bonds. The van der Waals surface area contributed by atoms with Gasteiger partial charge in [0.15, 0.2) is 5.17 Å². The molecule has 1 atom stereocenters. The number of hydrogen-bond donors (Lipinski definition) is 1. The summed E-state index contributed by atoms with van der Waals surface area (Å²) in [5.41, 5.74) is 0.387. The van der Waals surface area contributed by atoms with Crippen molar-refractivity contribution in [3.63, 3.8) is 0 Å². The Bertz CT molecular complexity index is 562. The Labute approximate surface area is 113 Å². The van der Waals surface area contributed by atoms with Gasteiger partial charge >= 0.3 is 5.97 Å². The zero-order valence-corrected chi connectivity index (χ0v) is 10.9. The molecule has 0 bridgehead atoms. The fraction of sp³-hybridized carbons (Fsp3) is 0.250. The molecule has 0 spiro atoms. The normalized spacial score (nSPS) is 21.2. The van der Waals surface area contributed by atoms with Crippen molar-refractivity contribution < 1.29 is 19.1 Å².